The average molecular weight is 450 g/mol. The first-order valence-electron chi connectivity index (χ1n) is 9.70. The van der Waals surface area contributed by atoms with Crippen LogP contribution >= 0.6 is 23.4 Å². The zero-order chi connectivity index (χ0) is 22.0. The Balaban J connectivity index is 1.72. The van der Waals surface area contributed by atoms with Gasteiger partial charge in [-0.1, -0.05) is 53.7 Å². The number of halogens is 1. The zero-order valence-electron chi connectivity index (χ0n) is 17.1. The van der Waals surface area contributed by atoms with Gasteiger partial charge in [-0.3, -0.25) is 14.2 Å². The van der Waals surface area contributed by atoms with Gasteiger partial charge in [-0.2, -0.15) is 0 Å². The van der Waals surface area contributed by atoms with E-state index >= 15 is 0 Å². The van der Waals surface area contributed by atoms with Crippen molar-refractivity contribution < 1.29 is 4.79 Å². The number of aromatic nitrogens is 2. The molecule has 0 radical (unpaired) electrons. The maximum atomic E-state index is 13.4. The molecule has 1 aromatic heterocycles. The molecule has 4 rings (SSSR count). The Bertz CT molecular complexity index is 1350. The van der Waals surface area contributed by atoms with Gasteiger partial charge in [-0.05, 0) is 61.4 Å². The summed E-state index contributed by atoms with van der Waals surface area (Å²) in [6.45, 7) is 3.98. The van der Waals surface area contributed by atoms with Crippen molar-refractivity contribution in [1.82, 2.24) is 9.55 Å². The molecule has 0 saturated carbocycles. The monoisotopic (exact) mass is 449 g/mol. The van der Waals surface area contributed by atoms with Gasteiger partial charge in [-0.25, -0.2) is 4.98 Å². The molecule has 31 heavy (non-hydrogen) atoms. The number of anilines is 1. The summed E-state index contributed by atoms with van der Waals surface area (Å²) in [6, 6.07) is 20.0. The van der Waals surface area contributed by atoms with E-state index in [9.17, 15) is 9.59 Å². The summed E-state index contributed by atoms with van der Waals surface area (Å²) in [5, 5.41) is 4.38. The predicted octanol–water partition coefficient (Wildman–Crippen LogP) is 5.39. The number of rotatable bonds is 5. The van der Waals surface area contributed by atoms with Crippen LogP contribution in [0.4, 0.5) is 5.69 Å². The minimum Gasteiger partial charge on any atom is -0.325 e. The van der Waals surface area contributed by atoms with Crippen molar-refractivity contribution in [1.29, 1.82) is 0 Å². The van der Waals surface area contributed by atoms with E-state index in [2.05, 4.69) is 5.32 Å². The Hall–Kier alpha value is -3.09. The molecule has 0 saturated heterocycles. The average Bonchev–Trinajstić information content (AvgIpc) is 2.75. The Morgan fingerprint density at radius 1 is 1.06 bits per heavy atom. The minimum atomic E-state index is -0.206. The number of thioether (sulfide) groups is 1. The minimum absolute atomic E-state index is 0.0994. The van der Waals surface area contributed by atoms with E-state index in [1.54, 1.807) is 41.0 Å². The summed E-state index contributed by atoms with van der Waals surface area (Å²) in [5.41, 5.74) is 3.90. The van der Waals surface area contributed by atoms with Crippen LogP contribution in [0.25, 0.3) is 16.6 Å². The fourth-order valence-electron chi connectivity index (χ4n) is 3.29. The van der Waals surface area contributed by atoms with E-state index < -0.39 is 0 Å². The molecule has 1 N–H and O–H groups in total. The van der Waals surface area contributed by atoms with Crippen molar-refractivity contribution >= 4 is 45.9 Å². The van der Waals surface area contributed by atoms with Gasteiger partial charge in [0.1, 0.15) is 0 Å². The van der Waals surface area contributed by atoms with E-state index in [4.69, 9.17) is 16.6 Å². The van der Waals surface area contributed by atoms with E-state index in [-0.39, 0.29) is 17.2 Å². The molecule has 4 aromatic rings. The quantitative estimate of drug-likeness (QED) is 0.328. The van der Waals surface area contributed by atoms with Crippen molar-refractivity contribution in [3.8, 4) is 5.69 Å². The Labute approximate surface area is 189 Å². The number of amides is 1. The molecule has 0 unspecified atom stereocenters. The fraction of sp³-hybridized carbons (Fsp3) is 0.125. The predicted molar refractivity (Wildman–Crippen MR) is 128 cm³/mol. The molecule has 5 nitrogen and oxygen atoms in total. The van der Waals surface area contributed by atoms with Gasteiger partial charge < -0.3 is 5.32 Å². The van der Waals surface area contributed by atoms with E-state index in [0.717, 1.165) is 16.8 Å². The molecule has 0 spiro atoms. The van der Waals surface area contributed by atoms with Gasteiger partial charge in [0.25, 0.3) is 5.56 Å². The van der Waals surface area contributed by atoms with Crippen LogP contribution in [0.1, 0.15) is 11.1 Å². The summed E-state index contributed by atoms with van der Waals surface area (Å²) in [6.07, 6.45) is 0. The van der Waals surface area contributed by atoms with Crippen molar-refractivity contribution in [2.75, 3.05) is 11.1 Å². The lowest BCUT2D eigenvalue weighted by molar-refractivity contribution is -0.113. The van der Waals surface area contributed by atoms with Crippen molar-refractivity contribution in [2.24, 2.45) is 0 Å². The number of para-hydroxylation sites is 1. The number of benzene rings is 3. The summed E-state index contributed by atoms with van der Waals surface area (Å²) >= 11 is 7.21. The first kappa shape index (κ1) is 21.2. The molecule has 3 aromatic carbocycles. The normalized spacial score (nSPS) is 10.9. The highest BCUT2D eigenvalue weighted by Crippen LogP contribution is 2.25. The smallest absolute Gasteiger partial charge is 0.266 e. The molecule has 1 amide bonds. The third-order valence-corrected chi connectivity index (χ3v) is 6.18. The van der Waals surface area contributed by atoms with E-state index in [0.29, 0.717) is 26.8 Å². The van der Waals surface area contributed by atoms with Crippen LogP contribution in [0, 0.1) is 13.8 Å². The van der Waals surface area contributed by atoms with Crippen LogP contribution in [-0.2, 0) is 4.79 Å². The first-order valence-corrected chi connectivity index (χ1v) is 11.1. The second-order valence-corrected chi connectivity index (χ2v) is 8.50. The highest BCUT2D eigenvalue weighted by atomic mass is 35.5. The van der Waals surface area contributed by atoms with Gasteiger partial charge in [0.15, 0.2) is 5.16 Å². The molecular formula is C24H20ClN3O2S. The molecule has 7 heteroatoms. The van der Waals surface area contributed by atoms with Crippen LogP contribution in [0.15, 0.2) is 76.7 Å². The highest BCUT2D eigenvalue weighted by molar-refractivity contribution is 7.99. The zero-order valence-corrected chi connectivity index (χ0v) is 18.6. The molecule has 0 aliphatic heterocycles. The Morgan fingerprint density at radius 3 is 2.65 bits per heavy atom. The third-order valence-electron chi connectivity index (χ3n) is 5.00. The Kier molecular flexibility index (Phi) is 6.11. The number of nitrogens with zero attached hydrogens (tertiary/aromatic N) is 2. The van der Waals surface area contributed by atoms with Crippen LogP contribution in [0.3, 0.4) is 0 Å². The molecule has 0 fully saturated rings. The van der Waals surface area contributed by atoms with E-state index in [1.165, 1.54) is 11.8 Å². The highest BCUT2D eigenvalue weighted by Gasteiger charge is 2.16. The fourth-order valence-corrected chi connectivity index (χ4v) is 4.29. The largest absolute Gasteiger partial charge is 0.325 e. The van der Waals surface area contributed by atoms with Gasteiger partial charge in [0, 0.05) is 10.7 Å². The van der Waals surface area contributed by atoms with Crippen molar-refractivity contribution in [2.45, 2.75) is 19.0 Å². The second-order valence-electron chi connectivity index (χ2n) is 7.12. The molecule has 0 bridgehead atoms. The lowest BCUT2D eigenvalue weighted by Gasteiger charge is -2.16. The summed E-state index contributed by atoms with van der Waals surface area (Å²) < 4.78 is 1.60. The molecule has 1 heterocycles. The number of hydrogen-bond donors (Lipinski definition) is 1. The number of aryl methyl sites for hydroxylation is 1. The second kappa shape index (κ2) is 8.96. The van der Waals surface area contributed by atoms with Gasteiger partial charge in [-0.15, -0.1) is 0 Å². The summed E-state index contributed by atoms with van der Waals surface area (Å²) in [4.78, 5) is 30.6. The number of nitrogens with one attached hydrogen (secondary N) is 1. The van der Waals surface area contributed by atoms with Gasteiger partial charge in [0.2, 0.25) is 5.91 Å². The van der Waals surface area contributed by atoms with Crippen LogP contribution in [-0.4, -0.2) is 21.2 Å². The molecule has 0 aliphatic carbocycles. The maximum Gasteiger partial charge on any atom is 0.266 e. The van der Waals surface area contributed by atoms with Crippen molar-refractivity contribution in [3.05, 3.63) is 93.2 Å². The molecule has 0 aliphatic rings. The maximum absolute atomic E-state index is 13.4. The van der Waals surface area contributed by atoms with Gasteiger partial charge >= 0.3 is 0 Å². The standard InChI is InChI=1S/C24H20ClN3O2S/c1-15-7-5-12-21(16(15)2)28-23(30)19-10-3-4-11-20(19)27-24(28)31-14-22(29)26-18-9-6-8-17(25)13-18/h3-13H,14H2,1-2H3,(H,26,29). The topological polar surface area (TPSA) is 64.0 Å². The molecule has 156 valence electrons. The van der Waals surface area contributed by atoms with E-state index in [1.807, 2.05) is 44.2 Å². The Morgan fingerprint density at radius 2 is 1.84 bits per heavy atom. The first-order chi connectivity index (χ1) is 14.9. The SMILES string of the molecule is Cc1cccc(-n2c(SCC(=O)Nc3cccc(Cl)c3)nc3ccccc3c2=O)c1C. The lowest BCUT2D eigenvalue weighted by Crippen LogP contribution is -2.23. The molecular weight excluding hydrogens is 430 g/mol. The van der Waals surface area contributed by atoms with Gasteiger partial charge in [0.05, 0.1) is 22.3 Å². The third kappa shape index (κ3) is 4.50. The van der Waals surface area contributed by atoms with Crippen LogP contribution in [0.5, 0.6) is 0 Å². The van der Waals surface area contributed by atoms with Crippen LogP contribution < -0.4 is 10.9 Å². The number of carbonyl (C=O) groups excluding carboxylic acids is 1. The number of hydrogen-bond acceptors (Lipinski definition) is 4. The summed E-state index contributed by atoms with van der Waals surface area (Å²) in [5.74, 6) is -0.107. The van der Waals surface area contributed by atoms with Crippen molar-refractivity contribution in [3.63, 3.8) is 0 Å². The van der Waals surface area contributed by atoms with Crippen LogP contribution in [0.2, 0.25) is 5.02 Å². The number of fused-ring (bicyclic) bond motifs is 1. The summed E-state index contributed by atoms with van der Waals surface area (Å²) in [7, 11) is 0. The lowest BCUT2D eigenvalue weighted by atomic mass is 10.1. The molecule has 0 atom stereocenters. The number of carbonyl (C=O) groups is 1.